The summed E-state index contributed by atoms with van der Waals surface area (Å²) in [6, 6.07) is 5.14. The molecule has 14 heavy (non-hydrogen) atoms. The third-order valence-electron chi connectivity index (χ3n) is 2.02. The Morgan fingerprint density at radius 3 is 2.93 bits per heavy atom. The van der Waals surface area contributed by atoms with Crippen LogP contribution < -0.4 is 0 Å². The Hall–Kier alpha value is -1.61. The van der Waals surface area contributed by atoms with E-state index in [9.17, 15) is 9.59 Å². The van der Waals surface area contributed by atoms with Crippen LogP contribution in [0.5, 0.6) is 0 Å². The maximum atomic E-state index is 11.2. The fourth-order valence-electron chi connectivity index (χ4n) is 1.36. The summed E-state index contributed by atoms with van der Waals surface area (Å²) in [4.78, 5) is 24.4. The monoisotopic (exact) mass is 207 g/mol. The predicted octanol–water partition coefficient (Wildman–Crippen LogP) is 2.20. The molecule has 4 heteroatoms. The van der Waals surface area contributed by atoms with Crippen molar-refractivity contribution in [2.75, 3.05) is 0 Å². The minimum absolute atomic E-state index is 0.295. The quantitative estimate of drug-likeness (QED) is 0.466. The van der Waals surface area contributed by atoms with Gasteiger partial charge in [-0.1, -0.05) is 11.6 Å². The molecule has 0 saturated heterocycles. The number of hydrogen-bond acceptors (Lipinski definition) is 2. The van der Waals surface area contributed by atoms with Gasteiger partial charge < -0.3 is 4.98 Å². The number of Topliss-reactive ketones (excluding diaryl/α,β-unsaturated/α-hetero) is 1. The maximum absolute atomic E-state index is 11.2. The van der Waals surface area contributed by atoms with Crippen LogP contribution in [0.25, 0.3) is 10.9 Å². The smallest absolute Gasteiger partial charge is 0.227 e. The van der Waals surface area contributed by atoms with Gasteiger partial charge in [-0.3, -0.25) is 9.59 Å². The Labute approximate surface area is 84.7 Å². The molecule has 0 amide bonds. The summed E-state index contributed by atoms with van der Waals surface area (Å²) < 4.78 is 0. The largest absolute Gasteiger partial charge is 0.360 e. The number of halogens is 1. The van der Waals surface area contributed by atoms with Gasteiger partial charge >= 0.3 is 0 Å². The van der Waals surface area contributed by atoms with E-state index in [0.29, 0.717) is 22.3 Å². The molecule has 0 aliphatic rings. The molecular formula is C10H6ClNO2. The van der Waals surface area contributed by atoms with Gasteiger partial charge in [0.05, 0.1) is 5.56 Å². The number of aldehydes is 1. The molecule has 0 radical (unpaired) electrons. The molecule has 0 saturated carbocycles. The summed E-state index contributed by atoms with van der Waals surface area (Å²) >= 11 is 5.78. The topological polar surface area (TPSA) is 49.9 Å². The van der Waals surface area contributed by atoms with Crippen molar-refractivity contribution < 1.29 is 9.59 Å². The molecule has 1 heterocycles. The highest BCUT2D eigenvalue weighted by molar-refractivity contribution is 6.37. The van der Waals surface area contributed by atoms with E-state index in [4.69, 9.17) is 11.6 Å². The first kappa shape index (κ1) is 8.97. The van der Waals surface area contributed by atoms with E-state index >= 15 is 0 Å². The van der Waals surface area contributed by atoms with Crippen LogP contribution in [0.1, 0.15) is 10.4 Å². The zero-order chi connectivity index (χ0) is 10.1. The van der Waals surface area contributed by atoms with Crippen LogP contribution >= 0.6 is 11.6 Å². The highest BCUT2D eigenvalue weighted by Gasteiger charge is 2.10. The summed E-state index contributed by atoms with van der Waals surface area (Å²) in [6.45, 7) is 0. The molecule has 1 aromatic heterocycles. The molecular weight excluding hydrogens is 202 g/mol. The van der Waals surface area contributed by atoms with Crippen LogP contribution in [-0.2, 0) is 4.79 Å². The second kappa shape index (κ2) is 3.27. The van der Waals surface area contributed by atoms with Crippen LogP contribution in [-0.4, -0.2) is 17.1 Å². The first-order chi connectivity index (χ1) is 6.72. The number of benzene rings is 1. The Kier molecular flexibility index (Phi) is 2.09. The minimum Gasteiger partial charge on any atom is -0.360 e. The maximum Gasteiger partial charge on any atom is 0.227 e. The highest BCUT2D eigenvalue weighted by Crippen LogP contribution is 2.22. The van der Waals surface area contributed by atoms with E-state index in [0.717, 1.165) is 5.52 Å². The van der Waals surface area contributed by atoms with Gasteiger partial charge in [0.1, 0.15) is 0 Å². The summed E-state index contributed by atoms with van der Waals surface area (Å²) in [5, 5.41) is 1.21. The van der Waals surface area contributed by atoms with Crippen LogP contribution in [0, 0.1) is 0 Å². The number of aromatic amines is 1. The van der Waals surface area contributed by atoms with Gasteiger partial charge in [0.25, 0.3) is 0 Å². The molecule has 0 spiro atoms. The normalized spacial score (nSPS) is 10.4. The average Bonchev–Trinajstić information content (AvgIpc) is 2.59. The van der Waals surface area contributed by atoms with Crippen molar-refractivity contribution in [2.24, 2.45) is 0 Å². The number of fused-ring (bicyclic) bond motifs is 1. The molecule has 2 rings (SSSR count). The van der Waals surface area contributed by atoms with Crippen LogP contribution in [0.15, 0.2) is 24.4 Å². The van der Waals surface area contributed by atoms with E-state index in [1.54, 1.807) is 18.2 Å². The molecule has 0 fully saturated rings. The van der Waals surface area contributed by atoms with E-state index in [1.165, 1.54) is 6.20 Å². The van der Waals surface area contributed by atoms with Gasteiger partial charge in [-0.2, -0.15) is 0 Å². The molecule has 0 atom stereocenters. The Morgan fingerprint density at radius 1 is 1.43 bits per heavy atom. The summed E-state index contributed by atoms with van der Waals surface area (Å²) in [5.41, 5.74) is 1.15. The van der Waals surface area contributed by atoms with Crippen LogP contribution in [0.2, 0.25) is 5.02 Å². The van der Waals surface area contributed by atoms with Crippen molar-refractivity contribution in [1.82, 2.24) is 4.98 Å². The van der Waals surface area contributed by atoms with E-state index in [-0.39, 0.29) is 0 Å². The molecule has 70 valence electrons. The van der Waals surface area contributed by atoms with Crippen molar-refractivity contribution in [1.29, 1.82) is 0 Å². The van der Waals surface area contributed by atoms with Crippen molar-refractivity contribution in [3.05, 3.63) is 35.0 Å². The number of aromatic nitrogens is 1. The zero-order valence-corrected chi connectivity index (χ0v) is 7.84. The van der Waals surface area contributed by atoms with Crippen LogP contribution in [0.4, 0.5) is 0 Å². The molecule has 0 bridgehead atoms. The predicted molar refractivity (Wildman–Crippen MR) is 53.7 cm³/mol. The Balaban J connectivity index is 2.72. The lowest BCUT2D eigenvalue weighted by Crippen LogP contribution is -1.97. The second-order valence-electron chi connectivity index (χ2n) is 2.87. The lowest BCUT2D eigenvalue weighted by Gasteiger charge is -1.93. The molecule has 0 aliphatic heterocycles. The fourth-order valence-corrected chi connectivity index (χ4v) is 1.53. The number of carbonyl (C=O) groups excluding carboxylic acids is 2. The highest BCUT2D eigenvalue weighted by atomic mass is 35.5. The summed E-state index contributed by atoms with van der Waals surface area (Å²) in [5.74, 6) is -0.543. The summed E-state index contributed by atoms with van der Waals surface area (Å²) in [6.07, 6.45) is 1.81. The third-order valence-corrected chi connectivity index (χ3v) is 2.25. The molecule has 0 aliphatic carbocycles. The second-order valence-corrected chi connectivity index (χ2v) is 3.31. The molecule has 0 unspecified atom stereocenters. The van der Waals surface area contributed by atoms with Crippen molar-refractivity contribution in [3.8, 4) is 0 Å². The lowest BCUT2D eigenvalue weighted by molar-refractivity contribution is -0.104. The lowest BCUT2D eigenvalue weighted by atomic mass is 10.1. The number of nitrogens with one attached hydrogen (secondary N) is 1. The Bertz CT molecular complexity index is 516. The van der Waals surface area contributed by atoms with E-state index in [2.05, 4.69) is 4.98 Å². The van der Waals surface area contributed by atoms with Gasteiger partial charge in [-0.05, 0) is 18.2 Å². The van der Waals surface area contributed by atoms with Gasteiger partial charge in [0.15, 0.2) is 6.29 Å². The van der Waals surface area contributed by atoms with Crippen molar-refractivity contribution in [3.63, 3.8) is 0 Å². The fraction of sp³-hybridized carbons (Fsp3) is 0. The standard InChI is InChI=1S/C10H6ClNO2/c11-6-1-2-9-7(3-6)8(4-12-9)10(14)5-13/h1-5,12H. The van der Waals surface area contributed by atoms with Gasteiger partial charge in [-0.15, -0.1) is 0 Å². The average molecular weight is 208 g/mol. The van der Waals surface area contributed by atoms with Crippen LogP contribution in [0.3, 0.4) is 0 Å². The SMILES string of the molecule is O=CC(=O)c1c[nH]c2ccc(Cl)cc12. The Morgan fingerprint density at radius 2 is 2.21 bits per heavy atom. The van der Waals surface area contributed by atoms with Gasteiger partial charge in [0.2, 0.25) is 5.78 Å². The van der Waals surface area contributed by atoms with Crippen molar-refractivity contribution in [2.45, 2.75) is 0 Å². The number of H-pyrrole nitrogens is 1. The van der Waals surface area contributed by atoms with Gasteiger partial charge in [-0.25, -0.2) is 0 Å². The van der Waals surface area contributed by atoms with E-state index < -0.39 is 5.78 Å². The van der Waals surface area contributed by atoms with Crippen molar-refractivity contribution >= 4 is 34.6 Å². The number of carbonyl (C=O) groups is 2. The first-order valence-electron chi connectivity index (χ1n) is 3.98. The molecule has 2 aromatic rings. The molecule has 3 nitrogen and oxygen atoms in total. The zero-order valence-electron chi connectivity index (χ0n) is 7.08. The third kappa shape index (κ3) is 1.32. The molecule has 1 N–H and O–H groups in total. The van der Waals surface area contributed by atoms with Gasteiger partial charge in [0, 0.05) is 22.1 Å². The molecule has 1 aromatic carbocycles. The van der Waals surface area contributed by atoms with E-state index in [1.807, 2.05) is 0 Å². The number of ketones is 1. The first-order valence-corrected chi connectivity index (χ1v) is 4.36. The number of rotatable bonds is 2. The number of hydrogen-bond donors (Lipinski definition) is 1. The summed E-state index contributed by atoms with van der Waals surface area (Å²) in [7, 11) is 0. The minimum atomic E-state index is -0.543.